The average Bonchev–Trinajstić information content (AvgIpc) is 2.67. The second-order valence-corrected chi connectivity index (χ2v) is 6.22. The minimum absolute atomic E-state index is 0.0268. The number of nitrogens with zero attached hydrogens (tertiary/aromatic N) is 1. The number of halogens is 4. The normalized spacial score (nSPS) is 11.2. The number of hydrogen-bond acceptors (Lipinski definition) is 3. The van der Waals surface area contributed by atoms with E-state index >= 15 is 0 Å². The van der Waals surface area contributed by atoms with E-state index in [0.29, 0.717) is 11.4 Å². The van der Waals surface area contributed by atoms with E-state index in [0.717, 1.165) is 17.7 Å². The van der Waals surface area contributed by atoms with Gasteiger partial charge in [0.25, 0.3) is 5.91 Å². The number of alkyl halides is 3. The zero-order valence-corrected chi connectivity index (χ0v) is 15.3. The monoisotopic (exact) mass is 404 g/mol. The number of hydrogen-bond donors (Lipinski definition) is 1. The molecule has 2 aromatic carbocycles. The fourth-order valence-electron chi connectivity index (χ4n) is 2.57. The van der Waals surface area contributed by atoms with Gasteiger partial charge in [0.2, 0.25) is 0 Å². The Morgan fingerprint density at radius 3 is 2.45 bits per heavy atom. The van der Waals surface area contributed by atoms with Gasteiger partial charge < -0.3 is 10.1 Å². The summed E-state index contributed by atoms with van der Waals surface area (Å²) in [4.78, 5) is 15.9. The molecule has 0 radical (unpaired) electrons. The molecule has 0 bridgehead atoms. The lowest BCUT2D eigenvalue weighted by Crippen LogP contribution is -2.16. The molecule has 4 nitrogen and oxygen atoms in total. The van der Waals surface area contributed by atoms with Crippen LogP contribution in [0.1, 0.15) is 27.3 Å². The molecule has 0 saturated carbocycles. The lowest BCUT2D eigenvalue weighted by molar-refractivity contribution is -0.141. The van der Waals surface area contributed by atoms with Gasteiger partial charge in [-0.15, -0.1) is 0 Å². The van der Waals surface area contributed by atoms with Crippen LogP contribution in [-0.2, 0) is 12.8 Å². The Balaban J connectivity index is 1.68. The first-order valence-electron chi connectivity index (χ1n) is 8.56. The topological polar surface area (TPSA) is 51.2 Å². The first-order chi connectivity index (χ1) is 13.7. The maximum atomic E-state index is 12.9. The molecule has 3 aromatic rings. The molecule has 1 N–H and O–H groups in total. The second kappa shape index (κ2) is 8.30. The molecule has 0 saturated heterocycles. The largest absolute Gasteiger partial charge is 0.489 e. The van der Waals surface area contributed by atoms with E-state index in [1.807, 2.05) is 0 Å². The first-order valence-corrected chi connectivity index (χ1v) is 8.56. The summed E-state index contributed by atoms with van der Waals surface area (Å²) in [5.41, 5.74) is 0.137. The fourth-order valence-corrected chi connectivity index (χ4v) is 2.57. The second-order valence-electron chi connectivity index (χ2n) is 6.22. The maximum Gasteiger partial charge on any atom is 0.433 e. The van der Waals surface area contributed by atoms with Gasteiger partial charge in [0.15, 0.2) is 0 Å². The molecule has 0 aliphatic heterocycles. The van der Waals surface area contributed by atoms with E-state index in [9.17, 15) is 22.4 Å². The summed E-state index contributed by atoms with van der Waals surface area (Å²) in [5, 5.41) is 2.61. The predicted octanol–water partition coefficient (Wildman–Crippen LogP) is 5.38. The van der Waals surface area contributed by atoms with Crippen LogP contribution in [0, 0.1) is 12.7 Å². The van der Waals surface area contributed by atoms with Crippen molar-refractivity contribution in [2.24, 2.45) is 0 Å². The highest BCUT2D eigenvalue weighted by atomic mass is 19.4. The third-order valence-electron chi connectivity index (χ3n) is 4.03. The van der Waals surface area contributed by atoms with Gasteiger partial charge in [0, 0.05) is 11.8 Å². The highest BCUT2D eigenvalue weighted by Gasteiger charge is 2.33. The van der Waals surface area contributed by atoms with Crippen LogP contribution in [0.25, 0.3) is 0 Å². The van der Waals surface area contributed by atoms with Crippen LogP contribution in [0.2, 0.25) is 0 Å². The molecule has 0 atom stereocenters. The van der Waals surface area contributed by atoms with Crippen LogP contribution in [0.5, 0.6) is 5.75 Å². The van der Waals surface area contributed by atoms with E-state index in [1.165, 1.54) is 19.1 Å². The van der Waals surface area contributed by atoms with Crippen LogP contribution >= 0.6 is 0 Å². The number of amides is 1. The Morgan fingerprint density at radius 2 is 1.79 bits per heavy atom. The number of nitrogens with one attached hydrogen (secondary N) is 1. The molecule has 8 heteroatoms. The molecule has 1 aromatic heterocycles. The molecule has 1 amide bonds. The predicted molar refractivity (Wildman–Crippen MR) is 99.1 cm³/mol. The molecule has 150 valence electrons. The van der Waals surface area contributed by atoms with Gasteiger partial charge in [0.1, 0.15) is 23.9 Å². The van der Waals surface area contributed by atoms with E-state index < -0.39 is 17.8 Å². The third-order valence-corrected chi connectivity index (χ3v) is 4.03. The number of pyridine rings is 1. The Kier molecular flexibility index (Phi) is 5.81. The van der Waals surface area contributed by atoms with Gasteiger partial charge >= 0.3 is 6.18 Å². The summed E-state index contributed by atoms with van der Waals surface area (Å²) in [6.07, 6.45) is -4.57. The molecular weight excluding hydrogens is 388 g/mol. The molecule has 0 unspecified atom stereocenters. The minimum atomic E-state index is -4.57. The molecule has 29 heavy (non-hydrogen) atoms. The van der Waals surface area contributed by atoms with E-state index in [2.05, 4.69) is 10.3 Å². The number of rotatable bonds is 5. The van der Waals surface area contributed by atoms with Gasteiger partial charge in [-0.05, 0) is 48.9 Å². The Bertz CT molecular complexity index is 1020. The third kappa shape index (κ3) is 5.31. The van der Waals surface area contributed by atoms with Crippen LogP contribution in [0.3, 0.4) is 0 Å². The number of ether oxygens (including phenoxy) is 1. The van der Waals surface area contributed by atoms with Crippen molar-refractivity contribution in [3.8, 4) is 5.75 Å². The SMILES string of the molecule is Cc1nc(C(F)(F)F)ccc1C(=O)Nc1cccc(OCc2ccc(F)cc2)c1. The average molecular weight is 404 g/mol. The minimum Gasteiger partial charge on any atom is -0.489 e. The summed E-state index contributed by atoms with van der Waals surface area (Å²) < 4.78 is 56.7. The molecular formula is C21H16F4N2O2. The highest BCUT2D eigenvalue weighted by Crippen LogP contribution is 2.28. The van der Waals surface area contributed by atoms with Gasteiger partial charge in [-0.25, -0.2) is 9.37 Å². The first kappa shape index (κ1) is 20.3. The van der Waals surface area contributed by atoms with Gasteiger partial charge in [-0.1, -0.05) is 18.2 Å². The van der Waals surface area contributed by atoms with E-state index in [1.54, 1.807) is 36.4 Å². The van der Waals surface area contributed by atoms with Crippen LogP contribution in [0.15, 0.2) is 60.7 Å². The number of aryl methyl sites for hydroxylation is 1. The highest BCUT2D eigenvalue weighted by molar-refractivity contribution is 6.05. The van der Waals surface area contributed by atoms with Gasteiger partial charge in [-0.2, -0.15) is 13.2 Å². The van der Waals surface area contributed by atoms with Crippen molar-refractivity contribution in [3.63, 3.8) is 0 Å². The quantitative estimate of drug-likeness (QED) is 0.581. The van der Waals surface area contributed by atoms with Crippen molar-refractivity contribution in [1.29, 1.82) is 0 Å². The summed E-state index contributed by atoms with van der Waals surface area (Å²) in [6, 6.07) is 14.3. The van der Waals surface area contributed by atoms with Gasteiger partial charge in [0.05, 0.1) is 11.3 Å². The maximum absolute atomic E-state index is 12.9. The van der Waals surface area contributed by atoms with Crippen molar-refractivity contribution in [2.75, 3.05) is 5.32 Å². The number of aromatic nitrogens is 1. The molecule has 0 aliphatic rings. The summed E-state index contributed by atoms with van der Waals surface area (Å²) in [5.74, 6) is -0.458. The van der Waals surface area contributed by atoms with Crippen molar-refractivity contribution >= 4 is 11.6 Å². The Labute approximate surface area is 164 Å². The van der Waals surface area contributed by atoms with Crippen molar-refractivity contribution in [1.82, 2.24) is 4.98 Å². The molecule has 0 aliphatic carbocycles. The number of benzene rings is 2. The van der Waals surface area contributed by atoms with Crippen molar-refractivity contribution in [3.05, 3.63) is 89.0 Å². The van der Waals surface area contributed by atoms with Crippen molar-refractivity contribution < 1.29 is 27.1 Å². The number of anilines is 1. The Morgan fingerprint density at radius 1 is 1.07 bits per heavy atom. The molecule has 3 rings (SSSR count). The van der Waals surface area contributed by atoms with Crippen molar-refractivity contribution in [2.45, 2.75) is 19.7 Å². The molecule has 0 fully saturated rings. The van der Waals surface area contributed by atoms with Gasteiger partial charge in [-0.3, -0.25) is 4.79 Å². The summed E-state index contributed by atoms with van der Waals surface area (Å²) >= 11 is 0. The lowest BCUT2D eigenvalue weighted by atomic mass is 10.1. The fraction of sp³-hybridized carbons (Fsp3) is 0.143. The van der Waals surface area contributed by atoms with E-state index in [-0.39, 0.29) is 23.7 Å². The van der Waals surface area contributed by atoms with E-state index in [4.69, 9.17) is 4.74 Å². The number of carbonyl (C=O) groups is 1. The Hall–Kier alpha value is -3.42. The summed E-state index contributed by atoms with van der Waals surface area (Å²) in [7, 11) is 0. The van der Waals surface area contributed by atoms with Crippen LogP contribution in [0.4, 0.5) is 23.2 Å². The van der Waals surface area contributed by atoms with Crippen LogP contribution < -0.4 is 10.1 Å². The zero-order valence-electron chi connectivity index (χ0n) is 15.3. The number of carbonyl (C=O) groups excluding carboxylic acids is 1. The molecule has 1 heterocycles. The summed E-state index contributed by atoms with van der Waals surface area (Å²) in [6.45, 7) is 1.55. The smallest absolute Gasteiger partial charge is 0.433 e. The zero-order chi connectivity index (χ0) is 21.0. The molecule has 0 spiro atoms. The lowest BCUT2D eigenvalue weighted by Gasteiger charge is -2.12. The van der Waals surface area contributed by atoms with Crippen LogP contribution in [-0.4, -0.2) is 10.9 Å². The standard InChI is InChI=1S/C21H16F4N2O2/c1-13-18(9-10-19(26-13)21(23,24)25)20(28)27-16-3-2-4-17(11-16)29-12-14-5-7-15(22)8-6-14/h2-11H,12H2,1H3,(H,27,28).